The van der Waals surface area contributed by atoms with Gasteiger partial charge in [0.2, 0.25) is 0 Å². The van der Waals surface area contributed by atoms with Crippen LogP contribution >= 0.6 is 11.6 Å². The predicted octanol–water partition coefficient (Wildman–Crippen LogP) is 2.98. The van der Waals surface area contributed by atoms with Crippen molar-refractivity contribution in [3.63, 3.8) is 0 Å². The fourth-order valence-electron chi connectivity index (χ4n) is 1.63. The van der Waals surface area contributed by atoms with E-state index in [1.54, 1.807) is 6.08 Å². The van der Waals surface area contributed by atoms with Crippen LogP contribution < -0.4 is 0 Å². The monoisotopic (exact) mass is 269 g/mol. The maximum atomic E-state index is 10.9. The van der Waals surface area contributed by atoms with Crippen molar-refractivity contribution in [2.24, 2.45) is 0 Å². The van der Waals surface area contributed by atoms with Crippen molar-refractivity contribution in [1.29, 1.82) is 0 Å². The van der Waals surface area contributed by atoms with E-state index in [9.17, 15) is 9.59 Å². The fraction of sp³-hybridized carbons (Fsp3) is 0.385. The van der Waals surface area contributed by atoms with Crippen LogP contribution in [0.2, 0.25) is 0 Å². The van der Waals surface area contributed by atoms with E-state index < -0.39 is 0 Å². The molecule has 0 spiro atoms. The molecule has 0 amide bonds. The van der Waals surface area contributed by atoms with Crippen LogP contribution in [0.5, 0.6) is 0 Å². The van der Waals surface area contributed by atoms with Gasteiger partial charge in [-0.05, 0) is 19.4 Å². The van der Waals surface area contributed by atoms with Crippen molar-refractivity contribution in [3.05, 3.63) is 28.6 Å². The quantitative estimate of drug-likeness (QED) is 0.508. The molecule has 0 saturated heterocycles. The molecule has 0 fully saturated rings. The third-order valence-electron chi connectivity index (χ3n) is 2.63. The van der Waals surface area contributed by atoms with Gasteiger partial charge in [0.05, 0.1) is 12.3 Å². The molecule has 0 saturated carbocycles. The number of rotatable bonds is 5. The maximum Gasteiger partial charge on any atom is 0.302 e. The van der Waals surface area contributed by atoms with Gasteiger partial charge in [0, 0.05) is 29.6 Å². The standard InChI is InChI=1S/C13H16ClNO3/c1-8-9(2)15-12(7-16)13(8)11(14)5-4-6-18-10(3)17/h5,7,15H,4,6H2,1-3H3/b11-5-. The molecule has 98 valence electrons. The zero-order valence-corrected chi connectivity index (χ0v) is 11.4. The van der Waals surface area contributed by atoms with Gasteiger partial charge in [0.15, 0.2) is 6.29 Å². The Bertz CT molecular complexity index is 489. The molecular weight excluding hydrogens is 254 g/mol. The average Bonchev–Trinajstić information content (AvgIpc) is 2.60. The second-order valence-electron chi connectivity index (χ2n) is 3.96. The Kier molecular flexibility index (Phi) is 5.16. The highest BCUT2D eigenvalue weighted by molar-refractivity contribution is 6.49. The lowest BCUT2D eigenvalue weighted by atomic mass is 10.1. The molecule has 0 aliphatic rings. The number of esters is 1. The molecule has 1 aromatic rings. The molecule has 0 aromatic carbocycles. The molecular formula is C13H16ClNO3. The predicted molar refractivity (Wildman–Crippen MR) is 70.7 cm³/mol. The molecule has 0 aliphatic carbocycles. The lowest BCUT2D eigenvalue weighted by molar-refractivity contribution is -0.140. The van der Waals surface area contributed by atoms with E-state index in [1.807, 2.05) is 13.8 Å². The highest BCUT2D eigenvalue weighted by Crippen LogP contribution is 2.28. The molecule has 1 heterocycles. The van der Waals surface area contributed by atoms with Gasteiger partial charge in [-0.2, -0.15) is 0 Å². The van der Waals surface area contributed by atoms with Crippen molar-refractivity contribution >= 4 is 28.9 Å². The Morgan fingerprint density at radius 3 is 2.67 bits per heavy atom. The number of carbonyl (C=O) groups excluding carboxylic acids is 2. The van der Waals surface area contributed by atoms with Crippen molar-refractivity contribution in [2.75, 3.05) is 6.61 Å². The number of aryl methyl sites for hydroxylation is 1. The molecule has 0 bridgehead atoms. The first-order chi connectivity index (χ1) is 8.47. The van der Waals surface area contributed by atoms with E-state index in [4.69, 9.17) is 16.3 Å². The third kappa shape index (κ3) is 3.47. The Balaban J connectivity index is 2.82. The topological polar surface area (TPSA) is 59.2 Å². The van der Waals surface area contributed by atoms with E-state index in [0.717, 1.165) is 17.5 Å². The molecule has 0 radical (unpaired) electrons. The molecule has 1 N–H and O–H groups in total. The summed E-state index contributed by atoms with van der Waals surface area (Å²) in [5, 5.41) is 0.492. The van der Waals surface area contributed by atoms with E-state index in [2.05, 4.69) is 4.98 Å². The number of nitrogens with one attached hydrogen (secondary N) is 1. The molecule has 1 aromatic heterocycles. The Hall–Kier alpha value is -1.55. The summed E-state index contributed by atoms with van der Waals surface area (Å²) in [5.74, 6) is -0.318. The van der Waals surface area contributed by atoms with Crippen LogP contribution in [0.25, 0.3) is 5.03 Å². The number of aromatic amines is 1. The van der Waals surface area contributed by atoms with Crippen LogP contribution in [0.4, 0.5) is 0 Å². The Labute approximate surface area is 111 Å². The fourth-order valence-corrected chi connectivity index (χ4v) is 1.99. The number of hydrogen-bond acceptors (Lipinski definition) is 3. The number of halogens is 1. The summed E-state index contributed by atoms with van der Waals surface area (Å²) in [4.78, 5) is 24.5. The molecule has 0 unspecified atom stereocenters. The summed E-state index contributed by atoms with van der Waals surface area (Å²) < 4.78 is 4.80. The minimum Gasteiger partial charge on any atom is -0.466 e. The van der Waals surface area contributed by atoms with E-state index in [-0.39, 0.29) is 12.6 Å². The average molecular weight is 270 g/mol. The van der Waals surface area contributed by atoms with Gasteiger partial charge < -0.3 is 9.72 Å². The first kappa shape index (κ1) is 14.5. The van der Waals surface area contributed by atoms with Crippen LogP contribution in [0.15, 0.2) is 6.08 Å². The summed E-state index contributed by atoms with van der Waals surface area (Å²) in [6.45, 7) is 5.42. The minimum atomic E-state index is -0.318. The third-order valence-corrected chi connectivity index (χ3v) is 2.98. The molecule has 0 aliphatic heterocycles. The van der Waals surface area contributed by atoms with Crippen molar-refractivity contribution in [1.82, 2.24) is 4.98 Å². The summed E-state index contributed by atoms with van der Waals surface area (Å²) in [6, 6.07) is 0. The SMILES string of the molecule is CC(=O)OCC/C=C(\Cl)c1c(C=O)[nH]c(C)c1C. The van der Waals surface area contributed by atoms with Gasteiger partial charge in [-0.25, -0.2) is 0 Å². The second kappa shape index (κ2) is 6.40. The van der Waals surface area contributed by atoms with Crippen LogP contribution in [-0.4, -0.2) is 23.8 Å². The number of aromatic nitrogens is 1. The van der Waals surface area contributed by atoms with Crippen LogP contribution in [0, 0.1) is 13.8 Å². The van der Waals surface area contributed by atoms with Gasteiger partial charge in [0.1, 0.15) is 0 Å². The first-order valence-electron chi connectivity index (χ1n) is 5.61. The number of carbonyl (C=O) groups is 2. The Morgan fingerprint density at radius 1 is 1.44 bits per heavy atom. The number of H-pyrrole nitrogens is 1. The van der Waals surface area contributed by atoms with Crippen LogP contribution in [0.1, 0.15) is 40.7 Å². The van der Waals surface area contributed by atoms with E-state index in [0.29, 0.717) is 22.7 Å². The van der Waals surface area contributed by atoms with Gasteiger partial charge in [-0.1, -0.05) is 17.7 Å². The molecule has 0 atom stereocenters. The Morgan fingerprint density at radius 2 is 2.11 bits per heavy atom. The van der Waals surface area contributed by atoms with Crippen molar-refractivity contribution in [3.8, 4) is 0 Å². The van der Waals surface area contributed by atoms with Crippen molar-refractivity contribution < 1.29 is 14.3 Å². The lowest BCUT2D eigenvalue weighted by Crippen LogP contribution is -1.99. The second-order valence-corrected chi connectivity index (χ2v) is 4.37. The largest absolute Gasteiger partial charge is 0.466 e. The zero-order chi connectivity index (χ0) is 13.7. The van der Waals surface area contributed by atoms with Gasteiger partial charge in [-0.15, -0.1) is 0 Å². The number of hydrogen-bond donors (Lipinski definition) is 1. The molecule has 5 heteroatoms. The van der Waals surface area contributed by atoms with Crippen LogP contribution in [0.3, 0.4) is 0 Å². The van der Waals surface area contributed by atoms with Gasteiger partial charge >= 0.3 is 5.97 Å². The van der Waals surface area contributed by atoms with E-state index in [1.165, 1.54) is 6.92 Å². The van der Waals surface area contributed by atoms with Crippen molar-refractivity contribution in [2.45, 2.75) is 27.2 Å². The smallest absolute Gasteiger partial charge is 0.302 e. The summed E-state index contributed by atoms with van der Waals surface area (Å²) in [7, 11) is 0. The summed E-state index contributed by atoms with van der Waals surface area (Å²) in [5.41, 5.74) is 3.05. The van der Waals surface area contributed by atoms with Crippen LogP contribution in [-0.2, 0) is 9.53 Å². The highest BCUT2D eigenvalue weighted by atomic mass is 35.5. The maximum absolute atomic E-state index is 10.9. The number of aldehydes is 1. The highest BCUT2D eigenvalue weighted by Gasteiger charge is 2.13. The minimum absolute atomic E-state index is 0.282. The molecule has 18 heavy (non-hydrogen) atoms. The normalized spacial score (nSPS) is 11.4. The molecule has 4 nitrogen and oxygen atoms in total. The van der Waals surface area contributed by atoms with E-state index >= 15 is 0 Å². The first-order valence-corrected chi connectivity index (χ1v) is 5.99. The number of ether oxygens (including phenoxy) is 1. The lowest BCUT2D eigenvalue weighted by Gasteiger charge is -2.01. The summed E-state index contributed by atoms with van der Waals surface area (Å²) >= 11 is 6.17. The molecule has 1 rings (SSSR count). The van der Waals surface area contributed by atoms with Gasteiger partial charge in [0.25, 0.3) is 0 Å². The summed E-state index contributed by atoms with van der Waals surface area (Å²) in [6.07, 6.45) is 3.01. The zero-order valence-electron chi connectivity index (χ0n) is 10.7. The van der Waals surface area contributed by atoms with Gasteiger partial charge in [-0.3, -0.25) is 9.59 Å².